The fraction of sp³-hybridized carbons (Fsp3) is 0.312. The average Bonchev–Trinajstić information content (AvgIpc) is 2.47. The van der Waals surface area contributed by atoms with Gasteiger partial charge in [0.1, 0.15) is 17.7 Å². The van der Waals surface area contributed by atoms with Crippen LogP contribution in [0.2, 0.25) is 5.02 Å². The van der Waals surface area contributed by atoms with Gasteiger partial charge in [-0.1, -0.05) is 23.7 Å². The molecule has 3 rings (SSSR count). The first-order chi connectivity index (χ1) is 9.70. The molecule has 102 valence electrons. The van der Waals surface area contributed by atoms with Gasteiger partial charge >= 0.3 is 0 Å². The van der Waals surface area contributed by atoms with Crippen molar-refractivity contribution in [2.24, 2.45) is 5.73 Å². The molecule has 3 nitrogen and oxygen atoms in total. The van der Waals surface area contributed by atoms with E-state index in [1.54, 1.807) is 0 Å². The van der Waals surface area contributed by atoms with E-state index in [9.17, 15) is 5.26 Å². The maximum absolute atomic E-state index is 9.27. The minimum atomic E-state index is -0.181. The topological polar surface area (TPSA) is 59.0 Å². The summed E-state index contributed by atoms with van der Waals surface area (Å²) in [6.45, 7) is 0. The normalized spacial score (nSPS) is 22.1. The van der Waals surface area contributed by atoms with Crippen molar-refractivity contribution in [2.45, 2.75) is 31.8 Å². The lowest BCUT2D eigenvalue weighted by atomic mass is 9.81. The molecule has 0 fully saturated rings. The number of benzene rings is 1. The molecule has 1 atom stereocenters. The van der Waals surface area contributed by atoms with E-state index in [0.29, 0.717) is 10.6 Å². The third kappa shape index (κ3) is 2.17. The van der Waals surface area contributed by atoms with Gasteiger partial charge in [-0.25, -0.2) is 0 Å². The maximum Gasteiger partial charge on any atom is 0.203 e. The van der Waals surface area contributed by atoms with Gasteiger partial charge in [0.2, 0.25) is 5.88 Å². The Balaban J connectivity index is 2.06. The number of hydrogen-bond donors (Lipinski definition) is 1. The van der Waals surface area contributed by atoms with Crippen molar-refractivity contribution < 1.29 is 4.74 Å². The lowest BCUT2D eigenvalue weighted by Crippen LogP contribution is -2.22. The Labute approximate surface area is 123 Å². The molecule has 1 unspecified atom stereocenters. The molecule has 0 amide bonds. The van der Waals surface area contributed by atoms with Crippen molar-refractivity contribution in [2.75, 3.05) is 0 Å². The second-order valence-electron chi connectivity index (χ2n) is 5.11. The van der Waals surface area contributed by atoms with Crippen LogP contribution >= 0.6 is 11.6 Å². The molecule has 4 heteroatoms. The summed E-state index contributed by atoms with van der Waals surface area (Å²) >= 11 is 5.93. The van der Waals surface area contributed by atoms with Crippen molar-refractivity contribution in [1.82, 2.24) is 0 Å². The lowest BCUT2D eigenvalue weighted by molar-refractivity contribution is 0.130. The molecule has 1 aromatic rings. The first kappa shape index (κ1) is 13.1. The molecule has 2 aliphatic rings. The third-order valence-corrected chi connectivity index (χ3v) is 4.16. The zero-order chi connectivity index (χ0) is 14.1. The second kappa shape index (κ2) is 5.22. The SMILES string of the molecule is N#CC1=C(N)OC(c2ccc(Cl)cc2)C2=C1CCCC2. The van der Waals surface area contributed by atoms with Gasteiger partial charge in [-0.05, 0) is 54.5 Å². The van der Waals surface area contributed by atoms with Gasteiger partial charge in [0, 0.05) is 5.02 Å². The monoisotopic (exact) mass is 286 g/mol. The summed E-state index contributed by atoms with van der Waals surface area (Å²) in [7, 11) is 0. The minimum absolute atomic E-state index is 0.181. The van der Waals surface area contributed by atoms with E-state index in [1.807, 2.05) is 24.3 Å². The molecule has 1 aliphatic heterocycles. The smallest absolute Gasteiger partial charge is 0.203 e. The first-order valence-corrected chi connectivity index (χ1v) is 7.12. The zero-order valence-corrected chi connectivity index (χ0v) is 11.8. The summed E-state index contributed by atoms with van der Waals surface area (Å²) in [5.41, 5.74) is 9.76. The molecule has 0 saturated heterocycles. The highest BCUT2D eigenvalue weighted by molar-refractivity contribution is 6.30. The molecule has 1 heterocycles. The van der Waals surface area contributed by atoms with Crippen LogP contribution in [-0.2, 0) is 4.74 Å². The van der Waals surface area contributed by atoms with Crippen molar-refractivity contribution in [3.8, 4) is 6.07 Å². The van der Waals surface area contributed by atoms with Gasteiger partial charge in [-0.2, -0.15) is 5.26 Å². The molecule has 0 spiro atoms. The Bertz CT molecular complexity index is 637. The fourth-order valence-electron chi connectivity index (χ4n) is 2.94. The quantitative estimate of drug-likeness (QED) is 0.849. The Morgan fingerprint density at radius 3 is 2.60 bits per heavy atom. The van der Waals surface area contributed by atoms with Gasteiger partial charge in [0.15, 0.2) is 0 Å². The summed E-state index contributed by atoms with van der Waals surface area (Å²) in [6, 6.07) is 9.80. The molecule has 1 aliphatic carbocycles. The Kier molecular flexibility index (Phi) is 3.42. The van der Waals surface area contributed by atoms with Crippen LogP contribution in [0.25, 0.3) is 0 Å². The summed E-state index contributed by atoms with van der Waals surface area (Å²) in [6.07, 6.45) is 3.92. The summed E-state index contributed by atoms with van der Waals surface area (Å²) < 4.78 is 5.82. The third-order valence-electron chi connectivity index (χ3n) is 3.90. The minimum Gasteiger partial charge on any atom is -0.466 e. The lowest BCUT2D eigenvalue weighted by Gasteiger charge is -2.32. The van der Waals surface area contributed by atoms with Crippen LogP contribution in [0.5, 0.6) is 0 Å². The Hall–Kier alpha value is -1.92. The first-order valence-electron chi connectivity index (χ1n) is 6.75. The van der Waals surface area contributed by atoms with E-state index in [2.05, 4.69) is 6.07 Å². The van der Waals surface area contributed by atoms with E-state index in [1.165, 1.54) is 5.57 Å². The number of rotatable bonds is 1. The maximum atomic E-state index is 9.27. The highest BCUT2D eigenvalue weighted by Gasteiger charge is 2.32. The van der Waals surface area contributed by atoms with Crippen LogP contribution in [0.4, 0.5) is 0 Å². The van der Waals surface area contributed by atoms with Crippen LogP contribution in [-0.4, -0.2) is 0 Å². The zero-order valence-electron chi connectivity index (χ0n) is 11.0. The van der Waals surface area contributed by atoms with Gasteiger partial charge in [0.25, 0.3) is 0 Å². The van der Waals surface area contributed by atoms with E-state index >= 15 is 0 Å². The predicted molar refractivity (Wildman–Crippen MR) is 77.6 cm³/mol. The van der Waals surface area contributed by atoms with Crippen molar-refractivity contribution in [1.29, 1.82) is 5.26 Å². The second-order valence-corrected chi connectivity index (χ2v) is 5.55. The van der Waals surface area contributed by atoms with Crippen LogP contribution < -0.4 is 5.73 Å². The number of halogens is 1. The van der Waals surface area contributed by atoms with Crippen LogP contribution in [0.15, 0.2) is 46.9 Å². The molecule has 0 radical (unpaired) electrons. The number of allylic oxidation sites excluding steroid dienone is 2. The summed E-state index contributed by atoms with van der Waals surface area (Å²) in [5, 5.41) is 9.97. The van der Waals surface area contributed by atoms with Crippen molar-refractivity contribution in [3.63, 3.8) is 0 Å². The number of nitriles is 1. The Morgan fingerprint density at radius 2 is 1.90 bits per heavy atom. The number of hydrogen-bond acceptors (Lipinski definition) is 3. The van der Waals surface area contributed by atoms with E-state index < -0.39 is 0 Å². The molecule has 20 heavy (non-hydrogen) atoms. The molecular weight excluding hydrogens is 272 g/mol. The van der Waals surface area contributed by atoms with Crippen LogP contribution in [0.3, 0.4) is 0 Å². The summed E-state index contributed by atoms with van der Waals surface area (Å²) in [4.78, 5) is 0. The highest BCUT2D eigenvalue weighted by Crippen LogP contribution is 2.43. The van der Waals surface area contributed by atoms with Gasteiger partial charge in [-0.3, -0.25) is 0 Å². The van der Waals surface area contributed by atoms with Gasteiger partial charge in [-0.15, -0.1) is 0 Å². The van der Waals surface area contributed by atoms with Crippen LogP contribution in [0, 0.1) is 11.3 Å². The average molecular weight is 287 g/mol. The highest BCUT2D eigenvalue weighted by atomic mass is 35.5. The summed E-state index contributed by atoms with van der Waals surface area (Å²) in [5.74, 6) is 0.244. The molecule has 0 aromatic heterocycles. The molecule has 0 bridgehead atoms. The number of ether oxygens (including phenoxy) is 1. The molecule has 0 saturated carbocycles. The van der Waals surface area contributed by atoms with Gasteiger partial charge < -0.3 is 10.5 Å². The van der Waals surface area contributed by atoms with Gasteiger partial charge in [0.05, 0.1) is 0 Å². The molecule has 1 aromatic carbocycles. The molecule has 2 N–H and O–H groups in total. The van der Waals surface area contributed by atoms with E-state index in [4.69, 9.17) is 22.1 Å². The van der Waals surface area contributed by atoms with Crippen LogP contribution in [0.1, 0.15) is 37.4 Å². The molecular formula is C16H15ClN2O. The van der Waals surface area contributed by atoms with Crippen molar-refractivity contribution >= 4 is 11.6 Å². The largest absolute Gasteiger partial charge is 0.466 e. The predicted octanol–water partition coefficient (Wildman–Crippen LogP) is 3.98. The Morgan fingerprint density at radius 1 is 1.20 bits per heavy atom. The fourth-order valence-corrected chi connectivity index (χ4v) is 3.06. The number of nitrogens with two attached hydrogens (primary N) is 1. The van der Waals surface area contributed by atoms with Crippen molar-refractivity contribution in [3.05, 3.63) is 57.5 Å². The number of nitrogens with zero attached hydrogens (tertiary/aromatic N) is 1. The van der Waals surface area contributed by atoms with E-state index in [0.717, 1.165) is 36.8 Å². The standard InChI is InChI=1S/C16H15ClN2O/c17-11-7-5-10(6-8-11)15-13-4-2-1-3-12(13)14(9-18)16(19)20-15/h5-8,15H,1-4,19H2. The van der Waals surface area contributed by atoms with E-state index in [-0.39, 0.29) is 12.0 Å².